The Kier molecular flexibility index (Phi) is 11.1. The lowest BCUT2D eigenvalue weighted by molar-refractivity contribution is -0.560. The van der Waals surface area contributed by atoms with E-state index in [1.165, 1.54) is 25.7 Å². The maximum absolute atomic E-state index is 6.17. The Balaban J connectivity index is 2.82. The maximum Gasteiger partial charge on any atom is 0.236 e. The standard InChI is InChI=1S/C25H50O4/c1-10-12-14-17-23(6,7)26-28-25(19-16-20(3)21(4)22(25)5)29-27-24(8,9)18-15-13-11-2/h20-22H,10-19H2,1-9H3. The minimum absolute atomic E-state index is 0.184. The zero-order valence-corrected chi connectivity index (χ0v) is 20.9. The Labute approximate surface area is 181 Å². The lowest BCUT2D eigenvalue weighted by Gasteiger charge is -2.47. The zero-order chi connectivity index (χ0) is 22.1. The van der Waals surface area contributed by atoms with Crippen molar-refractivity contribution in [2.75, 3.05) is 0 Å². The third kappa shape index (κ3) is 8.85. The Morgan fingerprint density at radius 3 is 1.62 bits per heavy atom. The summed E-state index contributed by atoms with van der Waals surface area (Å²) in [5, 5.41) is 0. The van der Waals surface area contributed by atoms with Gasteiger partial charge >= 0.3 is 0 Å². The van der Waals surface area contributed by atoms with E-state index >= 15 is 0 Å². The first kappa shape index (κ1) is 26.9. The van der Waals surface area contributed by atoms with Gasteiger partial charge in [-0.2, -0.15) is 9.78 Å². The molecule has 0 aromatic carbocycles. The first-order valence-corrected chi connectivity index (χ1v) is 12.2. The fraction of sp³-hybridized carbons (Fsp3) is 1.00. The Morgan fingerprint density at radius 2 is 1.21 bits per heavy atom. The highest BCUT2D eigenvalue weighted by molar-refractivity contribution is 4.87. The zero-order valence-electron chi connectivity index (χ0n) is 20.9. The molecule has 0 bridgehead atoms. The van der Waals surface area contributed by atoms with Crippen molar-refractivity contribution in [2.45, 2.75) is 144 Å². The summed E-state index contributed by atoms with van der Waals surface area (Å²) < 4.78 is 0. The second kappa shape index (κ2) is 12.0. The van der Waals surface area contributed by atoms with Gasteiger partial charge in [-0.25, -0.2) is 9.78 Å². The molecule has 1 aliphatic rings. The van der Waals surface area contributed by atoms with E-state index in [9.17, 15) is 0 Å². The molecule has 0 aliphatic heterocycles. The molecule has 0 aromatic heterocycles. The smallest absolute Gasteiger partial charge is 0.228 e. The SMILES string of the molecule is CCCCCC(C)(C)OOC1(OOC(C)(C)CCCCC)CCC(C)C(C)C1C. The molecule has 1 saturated carbocycles. The highest BCUT2D eigenvalue weighted by Crippen LogP contribution is 2.45. The topological polar surface area (TPSA) is 36.9 Å². The average molecular weight is 415 g/mol. The highest BCUT2D eigenvalue weighted by Gasteiger charge is 2.50. The third-order valence-corrected chi connectivity index (χ3v) is 6.91. The van der Waals surface area contributed by atoms with Crippen LogP contribution in [-0.4, -0.2) is 17.0 Å². The molecule has 0 spiro atoms. The molecule has 0 aromatic rings. The second-order valence-electron chi connectivity index (χ2n) is 10.7. The van der Waals surface area contributed by atoms with Gasteiger partial charge in [-0.15, -0.1) is 0 Å². The first-order chi connectivity index (χ1) is 13.5. The monoisotopic (exact) mass is 414 g/mol. The molecule has 0 saturated heterocycles. The number of rotatable bonds is 14. The van der Waals surface area contributed by atoms with Crippen molar-refractivity contribution in [3.8, 4) is 0 Å². The van der Waals surface area contributed by atoms with E-state index in [1.54, 1.807) is 0 Å². The highest BCUT2D eigenvalue weighted by atomic mass is 17.3. The molecular weight excluding hydrogens is 364 g/mol. The molecule has 3 atom stereocenters. The molecule has 29 heavy (non-hydrogen) atoms. The van der Waals surface area contributed by atoms with E-state index in [-0.39, 0.29) is 17.1 Å². The minimum atomic E-state index is -0.851. The summed E-state index contributed by atoms with van der Waals surface area (Å²) in [6.07, 6.45) is 10.9. The Bertz CT molecular complexity index is 420. The Morgan fingerprint density at radius 1 is 0.759 bits per heavy atom. The molecule has 3 unspecified atom stereocenters. The van der Waals surface area contributed by atoms with Gasteiger partial charge in [-0.05, 0) is 58.8 Å². The molecule has 0 heterocycles. The summed E-state index contributed by atoms with van der Waals surface area (Å²) in [6.45, 7) is 19.7. The average Bonchev–Trinajstić information content (AvgIpc) is 2.65. The largest absolute Gasteiger partial charge is 0.236 e. The molecule has 4 heteroatoms. The maximum atomic E-state index is 6.17. The van der Waals surface area contributed by atoms with E-state index in [0.29, 0.717) is 11.8 Å². The lowest BCUT2D eigenvalue weighted by atomic mass is 9.71. The van der Waals surface area contributed by atoms with Crippen molar-refractivity contribution in [1.29, 1.82) is 0 Å². The van der Waals surface area contributed by atoms with Crippen LogP contribution in [-0.2, 0) is 19.6 Å². The second-order valence-corrected chi connectivity index (χ2v) is 10.7. The van der Waals surface area contributed by atoms with Crippen molar-refractivity contribution in [2.24, 2.45) is 17.8 Å². The van der Waals surface area contributed by atoms with E-state index in [2.05, 4.69) is 62.3 Å². The van der Waals surface area contributed by atoms with Crippen LogP contribution in [0.2, 0.25) is 0 Å². The van der Waals surface area contributed by atoms with Gasteiger partial charge in [0.2, 0.25) is 5.79 Å². The van der Waals surface area contributed by atoms with Crippen LogP contribution in [0, 0.1) is 17.8 Å². The normalized spacial score (nSPS) is 25.3. The molecule has 4 nitrogen and oxygen atoms in total. The van der Waals surface area contributed by atoms with Crippen LogP contribution >= 0.6 is 0 Å². The van der Waals surface area contributed by atoms with Gasteiger partial charge in [0.15, 0.2) is 0 Å². The molecule has 0 N–H and O–H groups in total. The Hall–Kier alpha value is -0.160. The summed E-state index contributed by atoms with van der Waals surface area (Å²) in [5.74, 6) is 0.447. The molecule has 1 fully saturated rings. The van der Waals surface area contributed by atoms with E-state index in [4.69, 9.17) is 19.6 Å². The van der Waals surface area contributed by atoms with Crippen LogP contribution < -0.4 is 0 Å². The third-order valence-electron chi connectivity index (χ3n) is 6.91. The summed E-state index contributed by atoms with van der Waals surface area (Å²) >= 11 is 0. The van der Waals surface area contributed by atoms with E-state index < -0.39 is 5.79 Å². The van der Waals surface area contributed by atoms with Gasteiger partial charge < -0.3 is 0 Å². The number of hydrogen-bond acceptors (Lipinski definition) is 4. The summed E-state index contributed by atoms with van der Waals surface area (Å²) in [5.41, 5.74) is -0.678. The van der Waals surface area contributed by atoms with Gasteiger partial charge in [-0.1, -0.05) is 73.1 Å². The van der Waals surface area contributed by atoms with Gasteiger partial charge in [0.05, 0.1) is 11.2 Å². The number of unbranched alkanes of at least 4 members (excludes halogenated alkanes) is 4. The van der Waals surface area contributed by atoms with Crippen molar-refractivity contribution in [1.82, 2.24) is 0 Å². The van der Waals surface area contributed by atoms with Crippen molar-refractivity contribution in [3.63, 3.8) is 0 Å². The predicted molar refractivity (Wildman–Crippen MR) is 120 cm³/mol. The van der Waals surface area contributed by atoms with Gasteiger partial charge in [0.25, 0.3) is 0 Å². The van der Waals surface area contributed by atoms with Crippen LogP contribution in [0.4, 0.5) is 0 Å². The molecule has 1 aliphatic carbocycles. The van der Waals surface area contributed by atoms with Crippen molar-refractivity contribution in [3.05, 3.63) is 0 Å². The molecule has 0 amide bonds. The summed E-state index contributed by atoms with van der Waals surface area (Å²) in [4.78, 5) is 24.4. The fourth-order valence-electron chi connectivity index (χ4n) is 4.11. The molecule has 1 rings (SSSR count). The van der Waals surface area contributed by atoms with Crippen molar-refractivity contribution >= 4 is 0 Å². The van der Waals surface area contributed by atoms with E-state index in [0.717, 1.165) is 38.5 Å². The van der Waals surface area contributed by atoms with Crippen LogP contribution in [0.5, 0.6) is 0 Å². The predicted octanol–water partition coefficient (Wildman–Crippen LogP) is 8.00. The van der Waals surface area contributed by atoms with Gasteiger partial charge in [0.1, 0.15) is 0 Å². The van der Waals surface area contributed by atoms with E-state index in [1.807, 2.05) is 0 Å². The van der Waals surface area contributed by atoms with Crippen LogP contribution in [0.25, 0.3) is 0 Å². The quantitative estimate of drug-likeness (QED) is 0.125. The van der Waals surface area contributed by atoms with Crippen LogP contribution in [0.15, 0.2) is 0 Å². The molecular formula is C25H50O4. The van der Waals surface area contributed by atoms with Gasteiger partial charge in [0, 0.05) is 12.3 Å². The van der Waals surface area contributed by atoms with Crippen LogP contribution in [0.3, 0.4) is 0 Å². The van der Waals surface area contributed by atoms with Crippen LogP contribution in [0.1, 0.15) is 127 Å². The number of hydrogen-bond donors (Lipinski definition) is 0. The van der Waals surface area contributed by atoms with Gasteiger partial charge in [-0.3, -0.25) is 0 Å². The summed E-state index contributed by atoms with van der Waals surface area (Å²) in [7, 11) is 0. The molecule has 0 radical (unpaired) electrons. The summed E-state index contributed by atoms with van der Waals surface area (Å²) in [6, 6.07) is 0. The minimum Gasteiger partial charge on any atom is -0.228 e. The lowest BCUT2D eigenvalue weighted by Crippen LogP contribution is -2.52. The fourth-order valence-corrected chi connectivity index (χ4v) is 4.11. The molecule has 174 valence electrons. The van der Waals surface area contributed by atoms with Crippen molar-refractivity contribution < 1.29 is 19.6 Å². The first-order valence-electron chi connectivity index (χ1n) is 12.2.